The van der Waals surface area contributed by atoms with Gasteiger partial charge in [-0.05, 0) is 25.8 Å². The van der Waals surface area contributed by atoms with Crippen molar-refractivity contribution in [1.82, 2.24) is 0 Å². The highest BCUT2D eigenvalue weighted by atomic mass is 16.5. The second-order valence-corrected chi connectivity index (χ2v) is 3.35. The molecule has 0 aromatic rings. The molecule has 4 heteroatoms. The van der Waals surface area contributed by atoms with Gasteiger partial charge in [0.15, 0.2) is 0 Å². The zero-order chi connectivity index (χ0) is 12.6. The van der Waals surface area contributed by atoms with Crippen LogP contribution in [-0.4, -0.2) is 23.5 Å². The first-order valence-corrected chi connectivity index (χ1v) is 5.28. The Morgan fingerprint density at radius 3 is 2.50 bits per heavy atom. The zero-order valence-corrected chi connectivity index (χ0v) is 9.95. The lowest BCUT2D eigenvalue weighted by molar-refractivity contribution is -0.151. The van der Waals surface area contributed by atoms with E-state index in [-0.39, 0.29) is 12.4 Å². The van der Waals surface area contributed by atoms with Crippen molar-refractivity contribution in [3.05, 3.63) is 23.5 Å². The summed E-state index contributed by atoms with van der Waals surface area (Å²) in [5, 5.41) is 9.37. The van der Waals surface area contributed by atoms with E-state index in [0.29, 0.717) is 5.57 Å². The molecule has 90 valence electrons. The quantitative estimate of drug-likeness (QED) is 0.188. The van der Waals surface area contributed by atoms with Crippen LogP contribution < -0.4 is 0 Å². The lowest BCUT2D eigenvalue weighted by Crippen LogP contribution is -2.16. The largest absolute Gasteiger partial charge is 0.508 e. The number of allylic oxidation sites excluding steroid dienone is 2. The van der Waals surface area contributed by atoms with Gasteiger partial charge >= 0.3 is 5.97 Å². The van der Waals surface area contributed by atoms with Gasteiger partial charge in [-0.3, -0.25) is 4.79 Å². The summed E-state index contributed by atoms with van der Waals surface area (Å²) in [6.45, 7) is 5.56. The van der Waals surface area contributed by atoms with E-state index in [1.54, 1.807) is 19.9 Å². The maximum Gasteiger partial charge on any atom is 0.379 e. The van der Waals surface area contributed by atoms with E-state index < -0.39 is 11.8 Å². The topological polar surface area (TPSA) is 63.6 Å². The molecule has 0 atom stereocenters. The fourth-order valence-electron chi connectivity index (χ4n) is 0.825. The molecule has 0 saturated carbocycles. The highest BCUT2D eigenvalue weighted by molar-refractivity contribution is 6.38. The normalized spacial score (nSPS) is 12.4. The van der Waals surface area contributed by atoms with Crippen LogP contribution in [0, 0.1) is 0 Å². The third kappa shape index (κ3) is 5.34. The van der Waals surface area contributed by atoms with E-state index in [0.717, 1.165) is 18.9 Å². The van der Waals surface area contributed by atoms with Crippen LogP contribution >= 0.6 is 0 Å². The van der Waals surface area contributed by atoms with Crippen molar-refractivity contribution in [2.75, 3.05) is 6.61 Å². The number of unbranched alkanes of at least 4 members (excludes halogenated alkanes) is 1. The second-order valence-electron chi connectivity index (χ2n) is 3.35. The van der Waals surface area contributed by atoms with Crippen LogP contribution in [0.25, 0.3) is 0 Å². The summed E-state index contributed by atoms with van der Waals surface area (Å²) in [5.41, 5.74) is 0.537. The zero-order valence-electron chi connectivity index (χ0n) is 9.95. The molecule has 0 unspecified atom stereocenters. The van der Waals surface area contributed by atoms with E-state index in [1.165, 1.54) is 0 Å². The van der Waals surface area contributed by atoms with Gasteiger partial charge in [0.1, 0.15) is 5.76 Å². The number of hydrogen-bond donors (Lipinski definition) is 1. The molecule has 0 amide bonds. The van der Waals surface area contributed by atoms with Crippen molar-refractivity contribution in [3.8, 4) is 0 Å². The number of carbonyl (C=O) groups is 2. The number of ether oxygens (including phenoxy) is 1. The molecule has 0 radical (unpaired) electrons. The summed E-state index contributed by atoms with van der Waals surface area (Å²) >= 11 is 0. The van der Waals surface area contributed by atoms with Crippen LogP contribution in [0.3, 0.4) is 0 Å². The van der Waals surface area contributed by atoms with Gasteiger partial charge in [-0.15, -0.1) is 0 Å². The molecule has 0 aliphatic rings. The SMILES string of the molecule is C/C=C(\C)C(O)=CC(=O)C(=O)OCCCC. The molecule has 0 aromatic carbocycles. The molecule has 0 aliphatic carbocycles. The van der Waals surface area contributed by atoms with Crippen LogP contribution in [-0.2, 0) is 14.3 Å². The average molecular weight is 226 g/mol. The Bertz CT molecular complexity index is 313. The maximum atomic E-state index is 11.2. The first-order chi connectivity index (χ1) is 7.52. The van der Waals surface area contributed by atoms with Crippen LogP contribution in [0.15, 0.2) is 23.5 Å². The number of ketones is 1. The van der Waals surface area contributed by atoms with Crippen molar-refractivity contribution < 1.29 is 19.4 Å². The van der Waals surface area contributed by atoms with Gasteiger partial charge in [-0.2, -0.15) is 0 Å². The third-order valence-electron chi connectivity index (χ3n) is 2.04. The van der Waals surface area contributed by atoms with Gasteiger partial charge in [-0.25, -0.2) is 4.79 Å². The Labute approximate surface area is 95.6 Å². The highest BCUT2D eigenvalue weighted by Gasteiger charge is 2.13. The molecule has 16 heavy (non-hydrogen) atoms. The minimum absolute atomic E-state index is 0.208. The first kappa shape index (κ1) is 14.4. The Kier molecular flexibility index (Phi) is 6.92. The van der Waals surface area contributed by atoms with Crippen LogP contribution in [0.5, 0.6) is 0 Å². The Morgan fingerprint density at radius 2 is 2.00 bits per heavy atom. The van der Waals surface area contributed by atoms with Gasteiger partial charge in [-0.1, -0.05) is 19.4 Å². The molecular formula is C12H18O4. The molecule has 4 nitrogen and oxygen atoms in total. The summed E-state index contributed by atoms with van der Waals surface area (Å²) < 4.78 is 4.69. The van der Waals surface area contributed by atoms with Gasteiger partial charge in [0, 0.05) is 6.08 Å². The maximum absolute atomic E-state index is 11.2. The predicted octanol–water partition coefficient (Wildman–Crippen LogP) is 2.31. The number of esters is 1. The molecule has 0 aromatic heterocycles. The van der Waals surface area contributed by atoms with Gasteiger partial charge in [0.25, 0.3) is 5.78 Å². The van der Waals surface area contributed by atoms with Gasteiger partial charge < -0.3 is 9.84 Å². The smallest absolute Gasteiger partial charge is 0.379 e. The van der Waals surface area contributed by atoms with E-state index in [9.17, 15) is 14.7 Å². The van der Waals surface area contributed by atoms with Gasteiger partial charge in [0.2, 0.25) is 0 Å². The van der Waals surface area contributed by atoms with Crippen molar-refractivity contribution in [2.24, 2.45) is 0 Å². The average Bonchev–Trinajstić information content (AvgIpc) is 2.27. The molecule has 1 N–H and O–H groups in total. The second kappa shape index (κ2) is 7.68. The van der Waals surface area contributed by atoms with Crippen LogP contribution in [0.4, 0.5) is 0 Å². The predicted molar refractivity (Wildman–Crippen MR) is 61.0 cm³/mol. The molecular weight excluding hydrogens is 208 g/mol. The minimum Gasteiger partial charge on any atom is -0.508 e. The number of aliphatic hydroxyl groups is 1. The first-order valence-electron chi connectivity index (χ1n) is 5.28. The lowest BCUT2D eigenvalue weighted by atomic mass is 10.2. The van der Waals surface area contributed by atoms with Crippen molar-refractivity contribution >= 4 is 11.8 Å². The summed E-state index contributed by atoms with van der Waals surface area (Å²) in [6.07, 6.45) is 4.13. The monoisotopic (exact) mass is 226 g/mol. The van der Waals surface area contributed by atoms with Crippen LogP contribution in [0.2, 0.25) is 0 Å². The summed E-state index contributed by atoms with van der Waals surface area (Å²) in [5.74, 6) is -1.97. The Balaban J connectivity index is 4.30. The minimum atomic E-state index is -0.927. The standard InChI is InChI=1S/C12H18O4/c1-4-6-7-16-12(15)11(14)8-10(13)9(3)5-2/h5,8,13H,4,6-7H2,1-3H3/b9-5+,10-8?. The van der Waals surface area contributed by atoms with Crippen molar-refractivity contribution in [2.45, 2.75) is 33.6 Å². The molecule has 0 fully saturated rings. The van der Waals surface area contributed by atoms with E-state index >= 15 is 0 Å². The molecule has 0 rings (SSSR count). The molecule has 0 spiro atoms. The fraction of sp³-hybridized carbons (Fsp3) is 0.500. The Hall–Kier alpha value is -1.58. The number of carbonyl (C=O) groups excluding carboxylic acids is 2. The molecule has 0 bridgehead atoms. The van der Waals surface area contributed by atoms with E-state index in [1.807, 2.05) is 6.92 Å². The number of hydrogen-bond acceptors (Lipinski definition) is 4. The van der Waals surface area contributed by atoms with E-state index in [4.69, 9.17) is 4.74 Å². The van der Waals surface area contributed by atoms with Gasteiger partial charge in [0.05, 0.1) is 6.61 Å². The Morgan fingerprint density at radius 1 is 1.38 bits per heavy atom. The number of rotatable bonds is 6. The summed E-state index contributed by atoms with van der Waals surface area (Å²) in [4.78, 5) is 22.3. The van der Waals surface area contributed by atoms with Crippen molar-refractivity contribution in [1.29, 1.82) is 0 Å². The van der Waals surface area contributed by atoms with Crippen LogP contribution in [0.1, 0.15) is 33.6 Å². The van der Waals surface area contributed by atoms with E-state index in [2.05, 4.69) is 0 Å². The third-order valence-corrected chi connectivity index (χ3v) is 2.04. The fourth-order valence-corrected chi connectivity index (χ4v) is 0.825. The molecule has 0 heterocycles. The highest BCUT2D eigenvalue weighted by Crippen LogP contribution is 2.04. The summed E-state index contributed by atoms with van der Waals surface area (Å²) in [6, 6.07) is 0. The number of aliphatic hydroxyl groups excluding tert-OH is 1. The summed E-state index contributed by atoms with van der Waals surface area (Å²) in [7, 11) is 0. The molecule has 0 saturated heterocycles. The lowest BCUT2D eigenvalue weighted by Gasteiger charge is -2.01. The molecule has 0 aliphatic heterocycles. The van der Waals surface area contributed by atoms with Crippen molar-refractivity contribution in [3.63, 3.8) is 0 Å².